The van der Waals surface area contributed by atoms with E-state index in [1.165, 1.54) is 5.57 Å². The minimum atomic E-state index is -3.48. The molecule has 76 valence electrons. The number of hydrogen-bond acceptors (Lipinski definition) is 2. The fourth-order valence-corrected chi connectivity index (χ4v) is 1.94. The lowest BCUT2D eigenvalue weighted by molar-refractivity contribution is 0.617. The van der Waals surface area contributed by atoms with Crippen LogP contribution < -0.4 is 0 Å². The number of rotatable bonds is 4. The van der Waals surface area contributed by atoms with Gasteiger partial charge in [0.05, 0.1) is 0 Å². The fourth-order valence-electron chi connectivity index (χ4n) is 0.888. The summed E-state index contributed by atoms with van der Waals surface area (Å²) in [4.78, 5) is 0. The highest BCUT2D eigenvalue weighted by Crippen LogP contribution is 2.10. The molecule has 0 unspecified atom stereocenters. The molecule has 0 aliphatic rings. The molecule has 0 aliphatic carbocycles. The summed E-state index contributed by atoms with van der Waals surface area (Å²) in [5, 5.41) is 1.10. The zero-order valence-corrected chi connectivity index (χ0v) is 9.74. The Morgan fingerprint density at radius 2 is 1.85 bits per heavy atom. The van der Waals surface area contributed by atoms with Gasteiger partial charge in [-0.05, 0) is 33.6 Å². The fraction of sp³-hybridized carbons (Fsp3) is 0.556. The molecule has 0 aliphatic heterocycles. The molecule has 13 heavy (non-hydrogen) atoms. The summed E-state index contributed by atoms with van der Waals surface area (Å²) in [5.74, 6) is 0. The van der Waals surface area contributed by atoms with E-state index in [9.17, 15) is 8.42 Å². The molecule has 0 saturated carbocycles. The van der Waals surface area contributed by atoms with E-state index in [0.717, 1.165) is 23.8 Å². The molecule has 0 rings (SSSR count). The Hall–Kier alpha value is -0.280. The van der Waals surface area contributed by atoms with Gasteiger partial charge in [-0.3, -0.25) is 0 Å². The van der Waals surface area contributed by atoms with Gasteiger partial charge in [0, 0.05) is 16.1 Å². The summed E-state index contributed by atoms with van der Waals surface area (Å²) in [5.41, 5.74) is 2.02. The minimum absolute atomic E-state index is 0.733. The Kier molecular flexibility index (Phi) is 5.33. The lowest BCUT2D eigenvalue weighted by Crippen LogP contribution is -1.84. The molecule has 0 N–H and O–H groups in total. The van der Waals surface area contributed by atoms with Crippen molar-refractivity contribution < 1.29 is 8.42 Å². The number of halogens is 1. The first kappa shape index (κ1) is 12.7. The van der Waals surface area contributed by atoms with E-state index in [2.05, 4.69) is 6.08 Å². The zero-order valence-electron chi connectivity index (χ0n) is 8.17. The molecule has 0 amide bonds. The van der Waals surface area contributed by atoms with Crippen LogP contribution in [0.3, 0.4) is 0 Å². The molecular weight excluding hydrogens is 208 g/mol. The highest BCUT2D eigenvalue weighted by Gasteiger charge is 1.99. The summed E-state index contributed by atoms with van der Waals surface area (Å²) in [6.07, 6.45) is 3.66. The first-order chi connectivity index (χ1) is 5.81. The highest BCUT2D eigenvalue weighted by atomic mass is 35.7. The maximum absolute atomic E-state index is 10.6. The topological polar surface area (TPSA) is 34.1 Å². The van der Waals surface area contributed by atoms with E-state index in [1.54, 1.807) is 6.92 Å². The van der Waals surface area contributed by atoms with Crippen molar-refractivity contribution in [1.82, 2.24) is 0 Å². The molecule has 0 bridgehead atoms. The van der Waals surface area contributed by atoms with Crippen LogP contribution in [-0.4, -0.2) is 8.42 Å². The zero-order chi connectivity index (χ0) is 10.5. The molecule has 0 atom stereocenters. The molecule has 4 heteroatoms. The first-order valence-electron chi connectivity index (χ1n) is 4.06. The van der Waals surface area contributed by atoms with Crippen LogP contribution in [0.25, 0.3) is 0 Å². The standard InChI is InChI=1S/C9H15ClO2S/c1-8(2)5-4-6-9(3)7-13(10,11)12/h5,7H,4,6H2,1-3H3/b9-7+. The largest absolute Gasteiger partial charge is 0.254 e. The van der Waals surface area contributed by atoms with Crippen LogP contribution in [0, 0.1) is 0 Å². The van der Waals surface area contributed by atoms with E-state index in [4.69, 9.17) is 10.7 Å². The summed E-state index contributed by atoms with van der Waals surface area (Å²) < 4.78 is 21.2. The van der Waals surface area contributed by atoms with Gasteiger partial charge in [-0.25, -0.2) is 8.42 Å². The average molecular weight is 223 g/mol. The second-order valence-electron chi connectivity index (χ2n) is 3.26. The summed E-state index contributed by atoms with van der Waals surface area (Å²) >= 11 is 0. The number of allylic oxidation sites excluding steroid dienone is 3. The number of hydrogen-bond donors (Lipinski definition) is 0. The van der Waals surface area contributed by atoms with Gasteiger partial charge in [-0.2, -0.15) is 0 Å². The lowest BCUT2D eigenvalue weighted by Gasteiger charge is -1.96. The lowest BCUT2D eigenvalue weighted by atomic mass is 10.1. The Balaban J connectivity index is 4.11. The van der Waals surface area contributed by atoms with Gasteiger partial charge < -0.3 is 0 Å². The van der Waals surface area contributed by atoms with Gasteiger partial charge in [0.1, 0.15) is 0 Å². The van der Waals surface area contributed by atoms with Crippen LogP contribution in [0.5, 0.6) is 0 Å². The van der Waals surface area contributed by atoms with Crippen LogP contribution in [0.15, 0.2) is 22.6 Å². The SMILES string of the molecule is CC(C)=CCC/C(C)=C/S(=O)(=O)Cl. The van der Waals surface area contributed by atoms with Crippen molar-refractivity contribution in [3.05, 3.63) is 22.6 Å². The van der Waals surface area contributed by atoms with Crippen molar-refractivity contribution >= 4 is 19.7 Å². The Labute approximate surface area is 84.7 Å². The predicted octanol–water partition coefficient (Wildman–Crippen LogP) is 3.21. The monoisotopic (exact) mass is 222 g/mol. The molecule has 0 aromatic heterocycles. The molecule has 0 saturated heterocycles. The van der Waals surface area contributed by atoms with E-state index >= 15 is 0 Å². The molecule has 2 nitrogen and oxygen atoms in total. The van der Waals surface area contributed by atoms with Crippen LogP contribution in [0.1, 0.15) is 33.6 Å². The van der Waals surface area contributed by atoms with Crippen LogP contribution in [0.2, 0.25) is 0 Å². The Morgan fingerprint density at radius 1 is 1.31 bits per heavy atom. The van der Waals surface area contributed by atoms with Gasteiger partial charge >= 0.3 is 0 Å². The maximum atomic E-state index is 10.6. The third kappa shape index (κ3) is 9.64. The Bertz CT molecular complexity index is 309. The van der Waals surface area contributed by atoms with Crippen molar-refractivity contribution in [1.29, 1.82) is 0 Å². The Morgan fingerprint density at radius 3 is 2.23 bits per heavy atom. The molecule has 0 spiro atoms. The molecule has 0 aromatic carbocycles. The van der Waals surface area contributed by atoms with Crippen LogP contribution in [0.4, 0.5) is 0 Å². The minimum Gasteiger partial charge on any atom is -0.208 e. The van der Waals surface area contributed by atoms with Crippen molar-refractivity contribution in [2.45, 2.75) is 33.6 Å². The second kappa shape index (κ2) is 5.45. The highest BCUT2D eigenvalue weighted by molar-refractivity contribution is 8.16. The normalized spacial score (nSPS) is 12.8. The van der Waals surface area contributed by atoms with Gasteiger partial charge in [0.25, 0.3) is 9.05 Å². The van der Waals surface area contributed by atoms with Gasteiger partial charge in [0.15, 0.2) is 0 Å². The van der Waals surface area contributed by atoms with E-state index < -0.39 is 9.05 Å². The van der Waals surface area contributed by atoms with E-state index in [-0.39, 0.29) is 0 Å². The summed E-state index contributed by atoms with van der Waals surface area (Å²) in [6, 6.07) is 0. The molecule has 0 heterocycles. The second-order valence-corrected chi connectivity index (χ2v) is 5.74. The summed E-state index contributed by atoms with van der Waals surface area (Å²) in [6.45, 7) is 5.79. The van der Waals surface area contributed by atoms with Crippen molar-refractivity contribution in [2.75, 3.05) is 0 Å². The quantitative estimate of drug-likeness (QED) is 0.541. The van der Waals surface area contributed by atoms with Gasteiger partial charge in [0.2, 0.25) is 0 Å². The van der Waals surface area contributed by atoms with E-state index in [0.29, 0.717) is 0 Å². The molecule has 0 aromatic rings. The van der Waals surface area contributed by atoms with E-state index in [1.807, 2.05) is 13.8 Å². The van der Waals surface area contributed by atoms with Crippen LogP contribution >= 0.6 is 10.7 Å². The molecular formula is C9H15ClO2S. The first-order valence-corrected chi connectivity index (χ1v) is 6.43. The van der Waals surface area contributed by atoms with Gasteiger partial charge in [-0.1, -0.05) is 17.2 Å². The predicted molar refractivity (Wildman–Crippen MR) is 57.2 cm³/mol. The smallest absolute Gasteiger partial charge is 0.208 e. The molecule has 0 fully saturated rings. The third-order valence-corrected chi connectivity index (χ3v) is 2.38. The maximum Gasteiger partial charge on any atom is 0.254 e. The third-order valence-electron chi connectivity index (χ3n) is 1.43. The average Bonchev–Trinajstić information content (AvgIpc) is 1.81. The van der Waals surface area contributed by atoms with Crippen molar-refractivity contribution in [2.24, 2.45) is 0 Å². The van der Waals surface area contributed by atoms with Crippen LogP contribution in [-0.2, 0) is 9.05 Å². The molecule has 0 radical (unpaired) electrons. The van der Waals surface area contributed by atoms with Crippen molar-refractivity contribution in [3.8, 4) is 0 Å². The van der Waals surface area contributed by atoms with Gasteiger partial charge in [-0.15, -0.1) is 0 Å². The van der Waals surface area contributed by atoms with Crippen molar-refractivity contribution in [3.63, 3.8) is 0 Å². The summed E-state index contributed by atoms with van der Waals surface area (Å²) in [7, 11) is 1.57.